The van der Waals surface area contributed by atoms with E-state index in [9.17, 15) is 10.2 Å². The summed E-state index contributed by atoms with van der Waals surface area (Å²) in [5.74, 6) is 1.76. The van der Waals surface area contributed by atoms with Gasteiger partial charge in [-0.05, 0) is 75.2 Å². The first-order chi connectivity index (χ1) is 9.04. The highest BCUT2D eigenvalue weighted by molar-refractivity contribution is 5.05. The molecule has 3 N–H and O–H groups in total. The van der Waals surface area contributed by atoms with Gasteiger partial charge < -0.3 is 15.5 Å². The Bertz CT molecular complexity index is 335. The Hall–Kier alpha value is -0.120. The maximum absolute atomic E-state index is 10.6. The van der Waals surface area contributed by atoms with E-state index in [0.29, 0.717) is 17.9 Å². The Kier molecular flexibility index (Phi) is 3.65. The summed E-state index contributed by atoms with van der Waals surface area (Å²) in [6, 6.07) is 0.641. The van der Waals surface area contributed by atoms with Gasteiger partial charge in [-0.15, -0.1) is 0 Å². The monoisotopic (exact) mass is 267 g/mol. The summed E-state index contributed by atoms with van der Waals surface area (Å²) in [4.78, 5) is 0. The van der Waals surface area contributed by atoms with Crippen molar-refractivity contribution in [2.75, 3.05) is 7.05 Å². The fourth-order valence-corrected chi connectivity index (χ4v) is 5.53. The molecule has 0 amide bonds. The van der Waals surface area contributed by atoms with Crippen molar-refractivity contribution in [3.8, 4) is 0 Å². The van der Waals surface area contributed by atoms with Crippen molar-refractivity contribution in [2.45, 2.75) is 70.1 Å². The third kappa shape index (κ3) is 2.24. The summed E-state index contributed by atoms with van der Waals surface area (Å²) < 4.78 is 0. The molecule has 3 aliphatic carbocycles. The number of rotatable bonds is 1. The van der Waals surface area contributed by atoms with Crippen LogP contribution in [-0.2, 0) is 0 Å². The van der Waals surface area contributed by atoms with Gasteiger partial charge in [0.1, 0.15) is 0 Å². The zero-order valence-electron chi connectivity index (χ0n) is 12.3. The normalized spacial score (nSPS) is 54.3. The second-order valence-corrected chi connectivity index (χ2v) is 7.51. The Morgan fingerprint density at radius 2 is 1.79 bits per heavy atom. The van der Waals surface area contributed by atoms with Crippen LogP contribution in [0.25, 0.3) is 0 Å². The van der Waals surface area contributed by atoms with Crippen molar-refractivity contribution in [3.05, 3.63) is 0 Å². The van der Waals surface area contributed by atoms with Crippen LogP contribution in [-0.4, -0.2) is 35.5 Å². The van der Waals surface area contributed by atoms with Gasteiger partial charge >= 0.3 is 0 Å². The van der Waals surface area contributed by atoms with Crippen LogP contribution < -0.4 is 5.32 Å². The summed E-state index contributed by atoms with van der Waals surface area (Å²) in [6.45, 7) is 2.39. The summed E-state index contributed by atoms with van der Waals surface area (Å²) in [5, 5.41) is 23.9. The lowest BCUT2D eigenvalue weighted by Gasteiger charge is -2.58. The Morgan fingerprint density at radius 3 is 2.53 bits per heavy atom. The van der Waals surface area contributed by atoms with Gasteiger partial charge in [-0.3, -0.25) is 0 Å². The van der Waals surface area contributed by atoms with Crippen LogP contribution in [0.1, 0.15) is 51.9 Å². The Morgan fingerprint density at radius 1 is 1.00 bits per heavy atom. The first kappa shape index (κ1) is 13.8. The van der Waals surface area contributed by atoms with E-state index in [1.807, 2.05) is 0 Å². The minimum Gasteiger partial charge on any atom is -0.393 e. The predicted molar refractivity (Wildman–Crippen MR) is 75.8 cm³/mol. The van der Waals surface area contributed by atoms with Crippen molar-refractivity contribution in [1.29, 1.82) is 0 Å². The van der Waals surface area contributed by atoms with E-state index in [1.165, 1.54) is 19.3 Å². The SMILES string of the molecule is CNC1CCC2C(C1)CC(O)C1CC(O)CCC12C. The second kappa shape index (κ2) is 5.01. The van der Waals surface area contributed by atoms with Gasteiger partial charge in [0.05, 0.1) is 12.2 Å². The van der Waals surface area contributed by atoms with E-state index in [1.54, 1.807) is 0 Å². The molecule has 3 saturated carbocycles. The van der Waals surface area contributed by atoms with Crippen LogP contribution in [0.2, 0.25) is 0 Å². The standard InChI is InChI=1S/C16H29NO2/c1-16-6-5-12(18)9-14(16)15(19)8-10-7-11(17-2)3-4-13(10)16/h10-15,17-19H,3-9H2,1-2H3. The zero-order valence-corrected chi connectivity index (χ0v) is 12.3. The highest BCUT2D eigenvalue weighted by Gasteiger charge is 2.54. The molecule has 0 aromatic carbocycles. The molecule has 7 unspecified atom stereocenters. The molecular formula is C16H29NO2. The summed E-state index contributed by atoms with van der Waals surface area (Å²) in [5.41, 5.74) is 0.264. The van der Waals surface area contributed by atoms with E-state index in [-0.39, 0.29) is 17.6 Å². The molecule has 0 heterocycles. The maximum Gasteiger partial charge on any atom is 0.0577 e. The van der Waals surface area contributed by atoms with Gasteiger partial charge in [0.2, 0.25) is 0 Å². The summed E-state index contributed by atoms with van der Waals surface area (Å²) in [7, 11) is 2.06. The van der Waals surface area contributed by atoms with E-state index in [2.05, 4.69) is 19.3 Å². The van der Waals surface area contributed by atoms with Gasteiger partial charge in [-0.2, -0.15) is 0 Å². The average molecular weight is 267 g/mol. The van der Waals surface area contributed by atoms with Crippen molar-refractivity contribution in [2.24, 2.45) is 23.2 Å². The number of nitrogens with one attached hydrogen (secondary N) is 1. The second-order valence-electron chi connectivity index (χ2n) is 7.51. The van der Waals surface area contributed by atoms with Gasteiger partial charge in [-0.25, -0.2) is 0 Å². The van der Waals surface area contributed by atoms with E-state index < -0.39 is 0 Å². The van der Waals surface area contributed by atoms with Crippen LogP contribution in [0.3, 0.4) is 0 Å². The molecule has 3 heteroatoms. The number of hydrogen-bond donors (Lipinski definition) is 3. The number of fused-ring (bicyclic) bond motifs is 3. The lowest BCUT2D eigenvalue weighted by atomic mass is 9.48. The molecule has 3 nitrogen and oxygen atoms in total. The molecule has 7 atom stereocenters. The maximum atomic E-state index is 10.6. The first-order valence-electron chi connectivity index (χ1n) is 8.08. The predicted octanol–water partition coefficient (Wildman–Crippen LogP) is 1.92. The van der Waals surface area contributed by atoms with Crippen LogP contribution in [0.5, 0.6) is 0 Å². The molecule has 0 radical (unpaired) electrons. The molecule has 3 rings (SSSR count). The third-order valence-electron chi connectivity index (χ3n) is 6.64. The average Bonchev–Trinajstić information content (AvgIpc) is 2.40. The smallest absolute Gasteiger partial charge is 0.0577 e. The molecule has 3 fully saturated rings. The molecule has 0 aromatic rings. The highest BCUT2D eigenvalue weighted by Crippen LogP contribution is 2.58. The lowest BCUT2D eigenvalue weighted by Crippen LogP contribution is -2.56. The topological polar surface area (TPSA) is 52.5 Å². The molecule has 0 spiro atoms. The molecule has 0 aromatic heterocycles. The number of aliphatic hydroxyl groups is 2. The molecule has 3 aliphatic rings. The Balaban J connectivity index is 1.82. The number of aliphatic hydroxyl groups excluding tert-OH is 2. The van der Waals surface area contributed by atoms with Crippen molar-refractivity contribution in [1.82, 2.24) is 5.32 Å². The first-order valence-corrected chi connectivity index (χ1v) is 8.08. The molecule has 19 heavy (non-hydrogen) atoms. The van der Waals surface area contributed by atoms with E-state index in [0.717, 1.165) is 31.6 Å². The fourth-order valence-electron chi connectivity index (χ4n) is 5.53. The van der Waals surface area contributed by atoms with Crippen molar-refractivity contribution >= 4 is 0 Å². The highest BCUT2D eigenvalue weighted by atomic mass is 16.3. The van der Waals surface area contributed by atoms with Crippen LogP contribution in [0.4, 0.5) is 0 Å². The number of hydrogen-bond acceptors (Lipinski definition) is 3. The van der Waals surface area contributed by atoms with E-state index in [4.69, 9.17) is 0 Å². The van der Waals surface area contributed by atoms with E-state index >= 15 is 0 Å². The minimum absolute atomic E-state index is 0.182. The molecular weight excluding hydrogens is 238 g/mol. The molecule has 0 bridgehead atoms. The Labute approximate surface area is 116 Å². The van der Waals surface area contributed by atoms with Crippen molar-refractivity contribution < 1.29 is 10.2 Å². The summed E-state index contributed by atoms with van der Waals surface area (Å²) in [6.07, 6.45) is 7.22. The summed E-state index contributed by atoms with van der Waals surface area (Å²) >= 11 is 0. The van der Waals surface area contributed by atoms with Crippen LogP contribution >= 0.6 is 0 Å². The third-order valence-corrected chi connectivity index (χ3v) is 6.64. The minimum atomic E-state index is -0.197. The molecule has 0 aliphatic heterocycles. The van der Waals surface area contributed by atoms with Gasteiger partial charge in [0, 0.05) is 6.04 Å². The van der Waals surface area contributed by atoms with Crippen LogP contribution in [0, 0.1) is 23.2 Å². The molecule has 0 saturated heterocycles. The largest absolute Gasteiger partial charge is 0.393 e. The van der Waals surface area contributed by atoms with Crippen LogP contribution in [0.15, 0.2) is 0 Å². The lowest BCUT2D eigenvalue weighted by molar-refractivity contribution is -0.143. The molecule has 110 valence electrons. The quantitative estimate of drug-likeness (QED) is 0.680. The van der Waals surface area contributed by atoms with Gasteiger partial charge in [0.15, 0.2) is 0 Å². The fraction of sp³-hybridized carbons (Fsp3) is 1.00. The zero-order chi connectivity index (χ0) is 13.6. The van der Waals surface area contributed by atoms with Gasteiger partial charge in [0.25, 0.3) is 0 Å². The van der Waals surface area contributed by atoms with Crippen molar-refractivity contribution in [3.63, 3.8) is 0 Å². The van der Waals surface area contributed by atoms with Gasteiger partial charge in [-0.1, -0.05) is 6.92 Å².